The van der Waals surface area contributed by atoms with Gasteiger partial charge in [0.1, 0.15) is 5.69 Å². The molecule has 18 heavy (non-hydrogen) atoms. The number of hydrogen-bond acceptors (Lipinski definition) is 4. The lowest BCUT2D eigenvalue weighted by atomic mass is 9.76. The minimum absolute atomic E-state index is 0.0137. The lowest BCUT2D eigenvalue weighted by Crippen LogP contribution is -2.51. The third-order valence-corrected chi connectivity index (χ3v) is 3.50. The van der Waals surface area contributed by atoms with Crippen LogP contribution in [-0.2, 0) is 0 Å². The molecular formula is C13H20N4O. The number of nitrogens with two attached hydrogens (primary N) is 1. The molecular weight excluding hydrogens is 228 g/mol. The van der Waals surface area contributed by atoms with E-state index >= 15 is 0 Å². The van der Waals surface area contributed by atoms with Crippen molar-refractivity contribution in [1.29, 1.82) is 0 Å². The van der Waals surface area contributed by atoms with E-state index in [2.05, 4.69) is 10.3 Å². The minimum atomic E-state index is -0.0888. The molecule has 1 aliphatic rings. The number of anilines is 1. The summed E-state index contributed by atoms with van der Waals surface area (Å²) in [6.45, 7) is 0.617. The molecule has 1 saturated carbocycles. The van der Waals surface area contributed by atoms with Crippen LogP contribution in [0.4, 0.5) is 5.69 Å². The summed E-state index contributed by atoms with van der Waals surface area (Å²) in [4.78, 5) is 17.4. The van der Waals surface area contributed by atoms with E-state index in [4.69, 9.17) is 5.73 Å². The fourth-order valence-corrected chi connectivity index (χ4v) is 2.14. The number of nitrogens with zero attached hydrogens (tertiary/aromatic N) is 2. The average molecular weight is 248 g/mol. The Morgan fingerprint density at radius 3 is 2.78 bits per heavy atom. The van der Waals surface area contributed by atoms with Crippen LogP contribution < -0.4 is 11.1 Å². The first-order valence-corrected chi connectivity index (χ1v) is 6.22. The van der Waals surface area contributed by atoms with E-state index in [-0.39, 0.29) is 11.4 Å². The first kappa shape index (κ1) is 12.8. The third-order valence-electron chi connectivity index (χ3n) is 3.50. The lowest BCUT2D eigenvalue weighted by Gasteiger charge is -2.42. The van der Waals surface area contributed by atoms with Crippen molar-refractivity contribution in [2.75, 3.05) is 26.0 Å². The topological polar surface area (TPSA) is 71.2 Å². The Bertz CT molecular complexity index is 435. The summed E-state index contributed by atoms with van der Waals surface area (Å²) in [6, 6.07) is 3.67. The molecule has 0 saturated heterocycles. The number of nitrogens with one attached hydrogen (secondary N) is 1. The van der Waals surface area contributed by atoms with Crippen molar-refractivity contribution in [2.45, 2.75) is 24.8 Å². The number of amides is 1. The maximum atomic E-state index is 11.8. The zero-order valence-corrected chi connectivity index (χ0v) is 10.9. The predicted octanol–water partition coefficient (Wildman–Crippen LogP) is 1.08. The summed E-state index contributed by atoms with van der Waals surface area (Å²) >= 11 is 0. The molecule has 1 fully saturated rings. The first-order chi connectivity index (χ1) is 8.56. The number of carbonyl (C=O) groups excluding carboxylic acids is 1. The fraction of sp³-hybridized carbons (Fsp3) is 0.538. The van der Waals surface area contributed by atoms with Crippen LogP contribution in [0.5, 0.6) is 0 Å². The van der Waals surface area contributed by atoms with Gasteiger partial charge >= 0.3 is 0 Å². The van der Waals surface area contributed by atoms with Gasteiger partial charge in [-0.15, -0.1) is 0 Å². The zero-order valence-electron chi connectivity index (χ0n) is 10.9. The highest BCUT2D eigenvalue weighted by Crippen LogP contribution is 2.34. The quantitative estimate of drug-likeness (QED) is 0.836. The van der Waals surface area contributed by atoms with Crippen LogP contribution in [0.15, 0.2) is 18.3 Å². The van der Waals surface area contributed by atoms with Crippen LogP contribution in [0.25, 0.3) is 0 Å². The zero-order chi connectivity index (χ0) is 13.2. The molecule has 3 N–H and O–H groups in total. The maximum Gasteiger partial charge on any atom is 0.272 e. The molecule has 0 atom stereocenters. The number of aromatic nitrogens is 1. The summed E-state index contributed by atoms with van der Waals surface area (Å²) < 4.78 is 0. The SMILES string of the molecule is CN(C)C(=O)c1cc(NC2(CN)CCC2)ccn1. The molecule has 1 aliphatic carbocycles. The number of pyridine rings is 1. The molecule has 1 amide bonds. The van der Waals surface area contributed by atoms with Gasteiger partial charge in [-0.25, -0.2) is 0 Å². The molecule has 1 heterocycles. The van der Waals surface area contributed by atoms with Crippen molar-refractivity contribution < 1.29 is 4.79 Å². The standard InChI is InChI=1S/C13H20N4O/c1-17(2)12(18)11-8-10(4-7-15-11)16-13(9-14)5-3-6-13/h4,7-8H,3,5-6,9,14H2,1-2H3,(H,15,16). The van der Waals surface area contributed by atoms with Crippen molar-refractivity contribution in [2.24, 2.45) is 5.73 Å². The van der Waals surface area contributed by atoms with Crippen LogP contribution >= 0.6 is 0 Å². The maximum absolute atomic E-state index is 11.8. The highest BCUT2D eigenvalue weighted by atomic mass is 16.2. The molecule has 98 valence electrons. The Labute approximate surface area is 107 Å². The van der Waals surface area contributed by atoms with Gasteiger partial charge < -0.3 is 16.0 Å². The van der Waals surface area contributed by atoms with E-state index in [1.165, 1.54) is 11.3 Å². The molecule has 0 bridgehead atoms. The van der Waals surface area contributed by atoms with Crippen molar-refractivity contribution >= 4 is 11.6 Å². The number of hydrogen-bond donors (Lipinski definition) is 2. The van der Waals surface area contributed by atoms with E-state index < -0.39 is 0 Å². The molecule has 5 nitrogen and oxygen atoms in total. The van der Waals surface area contributed by atoms with E-state index in [9.17, 15) is 4.79 Å². The van der Waals surface area contributed by atoms with Gasteiger partial charge in [0.2, 0.25) is 0 Å². The van der Waals surface area contributed by atoms with E-state index in [0.717, 1.165) is 18.5 Å². The van der Waals surface area contributed by atoms with Gasteiger partial charge in [0.25, 0.3) is 5.91 Å². The van der Waals surface area contributed by atoms with E-state index in [1.54, 1.807) is 26.4 Å². The lowest BCUT2D eigenvalue weighted by molar-refractivity contribution is 0.0822. The molecule has 0 spiro atoms. The van der Waals surface area contributed by atoms with Gasteiger partial charge in [-0.3, -0.25) is 9.78 Å². The Morgan fingerprint density at radius 1 is 1.56 bits per heavy atom. The molecule has 1 aromatic heterocycles. The molecule has 0 aliphatic heterocycles. The Kier molecular flexibility index (Phi) is 3.52. The largest absolute Gasteiger partial charge is 0.378 e. The van der Waals surface area contributed by atoms with Crippen LogP contribution in [0, 0.1) is 0 Å². The van der Waals surface area contributed by atoms with Gasteiger partial charge in [0, 0.05) is 38.1 Å². The average Bonchev–Trinajstić information content (AvgIpc) is 2.33. The Balaban J connectivity index is 2.15. The minimum Gasteiger partial charge on any atom is -0.378 e. The van der Waals surface area contributed by atoms with Crippen molar-refractivity contribution in [3.05, 3.63) is 24.0 Å². The highest BCUT2D eigenvalue weighted by Gasteiger charge is 2.35. The Hall–Kier alpha value is -1.62. The summed E-state index contributed by atoms with van der Waals surface area (Å²) in [7, 11) is 3.44. The Morgan fingerprint density at radius 2 is 2.28 bits per heavy atom. The van der Waals surface area contributed by atoms with Crippen LogP contribution in [0.2, 0.25) is 0 Å². The molecule has 0 radical (unpaired) electrons. The number of rotatable bonds is 4. The molecule has 5 heteroatoms. The molecule has 0 aromatic carbocycles. The predicted molar refractivity (Wildman–Crippen MR) is 71.5 cm³/mol. The second-order valence-electron chi connectivity index (χ2n) is 5.09. The molecule has 2 rings (SSSR count). The van der Waals surface area contributed by atoms with E-state index in [0.29, 0.717) is 12.2 Å². The van der Waals surface area contributed by atoms with Crippen LogP contribution in [-0.4, -0.2) is 42.0 Å². The van der Waals surface area contributed by atoms with Crippen LogP contribution in [0.1, 0.15) is 29.8 Å². The fourth-order valence-electron chi connectivity index (χ4n) is 2.14. The normalized spacial score (nSPS) is 16.8. The van der Waals surface area contributed by atoms with Gasteiger partial charge in [-0.1, -0.05) is 0 Å². The number of carbonyl (C=O) groups is 1. The van der Waals surface area contributed by atoms with Crippen LogP contribution in [0.3, 0.4) is 0 Å². The van der Waals surface area contributed by atoms with Gasteiger partial charge in [0.15, 0.2) is 0 Å². The molecule has 0 unspecified atom stereocenters. The summed E-state index contributed by atoms with van der Waals surface area (Å²) in [5, 5.41) is 3.44. The van der Waals surface area contributed by atoms with Crippen molar-refractivity contribution in [3.8, 4) is 0 Å². The van der Waals surface area contributed by atoms with Gasteiger partial charge in [-0.2, -0.15) is 0 Å². The summed E-state index contributed by atoms with van der Waals surface area (Å²) in [5.74, 6) is -0.0888. The summed E-state index contributed by atoms with van der Waals surface area (Å²) in [5.41, 5.74) is 7.20. The second-order valence-corrected chi connectivity index (χ2v) is 5.09. The van der Waals surface area contributed by atoms with Gasteiger partial charge in [-0.05, 0) is 31.4 Å². The summed E-state index contributed by atoms with van der Waals surface area (Å²) in [6.07, 6.45) is 5.03. The van der Waals surface area contributed by atoms with E-state index in [1.807, 2.05) is 6.07 Å². The monoisotopic (exact) mass is 248 g/mol. The third kappa shape index (κ3) is 2.46. The highest BCUT2D eigenvalue weighted by molar-refractivity contribution is 5.92. The van der Waals surface area contributed by atoms with Crippen molar-refractivity contribution in [1.82, 2.24) is 9.88 Å². The van der Waals surface area contributed by atoms with Crippen molar-refractivity contribution in [3.63, 3.8) is 0 Å². The first-order valence-electron chi connectivity index (χ1n) is 6.22. The molecule has 1 aromatic rings. The smallest absolute Gasteiger partial charge is 0.272 e. The second kappa shape index (κ2) is 4.94. The van der Waals surface area contributed by atoms with Gasteiger partial charge in [0.05, 0.1) is 0 Å².